The van der Waals surface area contributed by atoms with E-state index in [0.717, 1.165) is 34.5 Å². The Morgan fingerprint density at radius 2 is 1.59 bits per heavy atom. The van der Waals surface area contributed by atoms with Crippen molar-refractivity contribution >= 4 is 11.9 Å². The molecule has 4 aromatic rings. The molecule has 4 N–H and O–H groups in total. The lowest BCUT2D eigenvalue weighted by molar-refractivity contribution is 0.320. The average Bonchev–Trinajstić information content (AvgIpc) is 3.26. The van der Waals surface area contributed by atoms with E-state index in [2.05, 4.69) is 4.98 Å². The molecular formula is C28H30N4O2. The molecule has 0 aliphatic rings. The molecule has 3 aromatic carbocycles. The molecule has 0 bridgehead atoms. The van der Waals surface area contributed by atoms with E-state index in [-0.39, 0.29) is 5.71 Å². The average molecular weight is 455 g/mol. The lowest BCUT2D eigenvalue weighted by Gasteiger charge is -2.06. The van der Waals surface area contributed by atoms with Crippen molar-refractivity contribution in [3.05, 3.63) is 108 Å². The first kappa shape index (κ1) is 24.6. The van der Waals surface area contributed by atoms with E-state index in [1.165, 1.54) is 5.56 Å². The van der Waals surface area contributed by atoms with Crippen LogP contribution in [-0.2, 0) is 19.4 Å². The maximum atomic E-state index is 7.53. The van der Waals surface area contributed by atoms with Crippen LogP contribution >= 0.6 is 0 Å². The second kappa shape index (κ2) is 12.9. The Kier molecular flexibility index (Phi) is 9.31. The maximum absolute atomic E-state index is 7.53. The topological polar surface area (TPSA) is 109 Å². The number of hydrogen-bond donors (Lipinski definition) is 3. The predicted molar refractivity (Wildman–Crippen MR) is 137 cm³/mol. The third-order valence-electron chi connectivity index (χ3n) is 5.09. The Hall–Kier alpha value is -4.03. The molecule has 1 aromatic heterocycles. The smallest absolute Gasteiger partial charge is 0.226 e. The summed E-state index contributed by atoms with van der Waals surface area (Å²) in [5.41, 5.74) is 9.68. The lowest BCUT2D eigenvalue weighted by Crippen LogP contribution is -2.04. The normalized spacial score (nSPS) is 10.2. The molecule has 6 nitrogen and oxygen atoms in total. The molecule has 0 spiro atoms. The molecule has 0 unspecified atom stereocenters. The van der Waals surface area contributed by atoms with Crippen LogP contribution in [0.15, 0.2) is 89.3 Å². The van der Waals surface area contributed by atoms with Crippen molar-refractivity contribution in [3.63, 3.8) is 0 Å². The summed E-state index contributed by atoms with van der Waals surface area (Å²) < 4.78 is 11.5. The number of ether oxygens (including phenoxy) is 1. The van der Waals surface area contributed by atoms with Gasteiger partial charge >= 0.3 is 0 Å². The van der Waals surface area contributed by atoms with Crippen molar-refractivity contribution in [1.82, 2.24) is 4.98 Å². The Labute approximate surface area is 200 Å². The summed E-state index contributed by atoms with van der Waals surface area (Å²) in [7, 11) is 0. The zero-order chi connectivity index (χ0) is 24.2. The fraction of sp³-hybridized carbons (Fsp3) is 0.179. The second-order valence-electron chi connectivity index (χ2n) is 7.67. The molecule has 34 heavy (non-hydrogen) atoms. The minimum atomic E-state index is 0.286. The zero-order valence-electron chi connectivity index (χ0n) is 19.3. The monoisotopic (exact) mass is 454 g/mol. The van der Waals surface area contributed by atoms with Gasteiger partial charge in [-0.05, 0) is 42.3 Å². The first-order valence-electron chi connectivity index (χ1n) is 11.1. The van der Waals surface area contributed by atoms with Gasteiger partial charge in [0, 0.05) is 31.2 Å². The molecule has 0 amide bonds. The van der Waals surface area contributed by atoms with Gasteiger partial charge in [-0.25, -0.2) is 4.98 Å². The van der Waals surface area contributed by atoms with E-state index < -0.39 is 0 Å². The van der Waals surface area contributed by atoms with Gasteiger partial charge in [0.1, 0.15) is 11.5 Å². The second-order valence-corrected chi connectivity index (χ2v) is 7.67. The first-order chi connectivity index (χ1) is 16.6. The highest BCUT2D eigenvalue weighted by molar-refractivity contribution is 6.28. The maximum Gasteiger partial charge on any atom is 0.226 e. The molecule has 0 aliphatic carbocycles. The van der Waals surface area contributed by atoms with Crippen molar-refractivity contribution < 1.29 is 9.15 Å². The largest absolute Gasteiger partial charge is 0.493 e. The highest BCUT2D eigenvalue weighted by Gasteiger charge is 2.11. The summed E-state index contributed by atoms with van der Waals surface area (Å²) in [4.78, 5) is 4.58. The van der Waals surface area contributed by atoms with E-state index in [1.54, 1.807) is 0 Å². The van der Waals surface area contributed by atoms with Gasteiger partial charge in [0.2, 0.25) is 5.89 Å². The van der Waals surface area contributed by atoms with Crippen molar-refractivity contribution in [3.8, 4) is 17.2 Å². The van der Waals surface area contributed by atoms with Crippen LogP contribution in [0.1, 0.15) is 22.6 Å². The Morgan fingerprint density at radius 1 is 0.941 bits per heavy atom. The van der Waals surface area contributed by atoms with E-state index in [0.29, 0.717) is 31.9 Å². The number of hydrogen-bond acceptors (Lipinski definition) is 6. The van der Waals surface area contributed by atoms with Gasteiger partial charge in [-0.1, -0.05) is 60.7 Å². The summed E-state index contributed by atoms with van der Waals surface area (Å²) in [6.07, 6.45) is 2.20. The number of nitrogens with one attached hydrogen (secondary N) is 2. The van der Waals surface area contributed by atoms with E-state index in [9.17, 15) is 0 Å². The van der Waals surface area contributed by atoms with Crippen LogP contribution in [0.2, 0.25) is 0 Å². The summed E-state index contributed by atoms with van der Waals surface area (Å²) in [6.45, 7) is 3.07. The Morgan fingerprint density at radius 3 is 2.18 bits per heavy atom. The van der Waals surface area contributed by atoms with Gasteiger partial charge < -0.3 is 25.7 Å². The van der Waals surface area contributed by atoms with E-state index in [1.807, 2.05) is 91.9 Å². The van der Waals surface area contributed by atoms with Crippen LogP contribution < -0.4 is 10.5 Å². The standard InChI is InChI=1S/C21H21N3O2.C7H9N/c1-15-20(24-21(26-15)17-5-3-2-4-6-17)11-12-25-19-9-7-16(8-10-19)13-18(23)14-22;8-6-7-4-2-1-3-5-7/h2-10,14,22-23H,11-13H2,1H3;1-5H,6,8H2. The minimum absolute atomic E-state index is 0.286. The van der Waals surface area contributed by atoms with Crippen LogP contribution in [0.25, 0.3) is 11.5 Å². The first-order valence-corrected chi connectivity index (χ1v) is 11.1. The third-order valence-corrected chi connectivity index (χ3v) is 5.09. The number of nitrogens with two attached hydrogens (primary N) is 1. The van der Waals surface area contributed by atoms with Gasteiger partial charge in [0.15, 0.2) is 0 Å². The molecular weight excluding hydrogens is 424 g/mol. The summed E-state index contributed by atoms with van der Waals surface area (Å²) in [5, 5.41) is 14.6. The fourth-order valence-electron chi connectivity index (χ4n) is 3.22. The van der Waals surface area contributed by atoms with E-state index in [4.69, 9.17) is 25.7 Å². The molecule has 174 valence electrons. The van der Waals surface area contributed by atoms with Crippen LogP contribution in [0.5, 0.6) is 5.75 Å². The quantitative estimate of drug-likeness (QED) is 0.285. The predicted octanol–water partition coefficient (Wildman–Crippen LogP) is 5.63. The SMILES string of the molecule is Cc1oc(-c2ccccc2)nc1CCOc1ccc(CC(=N)C=N)cc1.NCc1ccccc1. The number of oxazole rings is 1. The van der Waals surface area contributed by atoms with Crippen molar-refractivity contribution in [2.75, 3.05) is 6.61 Å². The lowest BCUT2D eigenvalue weighted by atomic mass is 10.1. The Balaban J connectivity index is 0.000000343. The van der Waals surface area contributed by atoms with Gasteiger partial charge in [-0.3, -0.25) is 0 Å². The van der Waals surface area contributed by atoms with Crippen molar-refractivity contribution in [1.29, 1.82) is 10.8 Å². The number of rotatable bonds is 9. The molecule has 4 rings (SSSR count). The van der Waals surface area contributed by atoms with Crippen LogP contribution in [0, 0.1) is 17.7 Å². The number of aryl methyl sites for hydroxylation is 1. The molecule has 1 heterocycles. The van der Waals surface area contributed by atoms with Crippen molar-refractivity contribution in [2.24, 2.45) is 5.73 Å². The highest BCUT2D eigenvalue weighted by atomic mass is 16.5. The molecule has 0 atom stereocenters. The summed E-state index contributed by atoms with van der Waals surface area (Å²) >= 11 is 0. The molecule has 6 heteroatoms. The zero-order valence-corrected chi connectivity index (χ0v) is 19.3. The Bertz CT molecular complexity index is 1170. The van der Waals surface area contributed by atoms with Crippen LogP contribution in [0.3, 0.4) is 0 Å². The number of aromatic nitrogens is 1. The van der Waals surface area contributed by atoms with Crippen LogP contribution in [-0.4, -0.2) is 23.5 Å². The van der Waals surface area contributed by atoms with Gasteiger partial charge in [0.25, 0.3) is 0 Å². The molecule has 0 radical (unpaired) electrons. The van der Waals surface area contributed by atoms with Crippen LogP contribution in [0.4, 0.5) is 0 Å². The molecule has 0 saturated heterocycles. The fourth-order valence-corrected chi connectivity index (χ4v) is 3.22. The molecule has 0 aliphatic heterocycles. The van der Waals surface area contributed by atoms with Gasteiger partial charge in [0.05, 0.1) is 18.0 Å². The number of nitrogens with zero attached hydrogens (tertiary/aromatic N) is 1. The van der Waals surface area contributed by atoms with Gasteiger partial charge in [-0.2, -0.15) is 0 Å². The summed E-state index contributed by atoms with van der Waals surface area (Å²) in [5.74, 6) is 2.23. The van der Waals surface area contributed by atoms with E-state index >= 15 is 0 Å². The molecule has 0 fully saturated rings. The molecule has 0 saturated carbocycles. The minimum Gasteiger partial charge on any atom is -0.493 e. The highest BCUT2D eigenvalue weighted by Crippen LogP contribution is 2.22. The summed E-state index contributed by atoms with van der Waals surface area (Å²) in [6, 6.07) is 27.4. The third kappa shape index (κ3) is 7.53. The van der Waals surface area contributed by atoms with Gasteiger partial charge in [-0.15, -0.1) is 0 Å². The van der Waals surface area contributed by atoms with Crippen molar-refractivity contribution in [2.45, 2.75) is 26.3 Å². The number of benzene rings is 3.